The van der Waals surface area contributed by atoms with E-state index in [-0.39, 0.29) is 54.0 Å². The van der Waals surface area contributed by atoms with Crippen LogP contribution in [0.15, 0.2) is 0 Å². The molecule has 2 amide bonds. The normalized spacial score (nSPS) is 23.9. The molecule has 0 aromatic rings. The van der Waals surface area contributed by atoms with Gasteiger partial charge in [-0.05, 0) is 25.2 Å². The lowest BCUT2D eigenvalue weighted by molar-refractivity contribution is -0.145. The summed E-state index contributed by atoms with van der Waals surface area (Å²) in [6.45, 7) is 5.72. The number of Topliss-reactive ketones (excluding diaryl/α,β-unsaturated/α-hetero) is 2. The lowest BCUT2D eigenvalue weighted by atomic mass is 9.66. The summed E-state index contributed by atoms with van der Waals surface area (Å²) < 4.78 is 0. The molecule has 0 bridgehead atoms. The van der Waals surface area contributed by atoms with Crippen molar-refractivity contribution in [1.82, 2.24) is 9.80 Å². The van der Waals surface area contributed by atoms with Crippen molar-refractivity contribution in [2.75, 3.05) is 28.2 Å². The number of hydrogen-bond acceptors (Lipinski definition) is 4. The average molecular weight is 381 g/mol. The summed E-state index contributed by atoms with van der Waals surface area (Å²) in [5.74, 6) is -1.20. The van der Waals surface area contributed by atoms with E-state index >= 15 is 0 Å². The fourth-order valence-corrected chi connectivity index (χ4v) is 3.83. The van der Waals surface area contributed by atoms with Gasteiger partial charge in [-0.25, -0.2) is 0 Å². The van der Waals surface area contributed by atoms with E-state index < -0.39 is 11.8 Å². The maximum atomic E-state index is 13.2. The minimum Gasteiger partial charge on any atom is -0.349 e. The Hall–Kier alpha value is -1.72. The van der Waals surface area contributed by atoms with Crippen molar-refractivity contribution in [2.45, 2.75) is 52.9 Å². The highest BCUT2D eigenvalue weighted by atomic mass is 16.2. The summed E-state index contributed by atoms with van der Waals surface area (Å²) in [5, 5.41) is 0. The molecule has 0 aromatic heterocycles. The van der Waals surface area contributed by atoms with Crippen LogP contribution in [-0.2, 0) is 19.2 Å². The van der Waals surface area contributed by atoms with Gasteiger partial charge in [-0.2, -0.15) is 0 Å². The van der Waals surface area contributed by atoms with Crippen LogP contribution in [0.5, 0.6) is 0 Å². The molecule has 154 valence electrons. The first-order valence-electron chi connectivity index (χ1n) is 9.95. The molecule has 0 N–H and O–H groups in total. The maximum Gasteiger partial charge on any atom is 0.225 e. The highest BCUT2D eigenvalue weighted by Gasteiger charge is 2.43. The van der Waals surface area contributed by atoms with Gasteiger partial charge in [-0.15, -0.1) is 0 Å². The molecule has 0 saturated heterocycles. The summed E-state index contributed by atoms with van der Waals surface area (Å²) >= 11 is 0. The van der Waals surface area contributed by atoms with Gasteiger partial charge in [0.05, 0.1) is 0 Å². The van der Waals surface area contributed by atoms with E-state index in [2.05, 4.69) is 0 Å². The molecule has 4 unspecified atom stereocenters. The van der Waals surface area contributed by atoms with Gasteiger partial charge in [-0.3, -0.25) is 19.2 Å². The van der Waals surface area contributed by atoms with Crippen molar-refractivity contribution in [3.05, 3.63) is 0 Å². The van der Waals surface area contributed by atoms with Crippen LogP contribution < -0.4 is 0 Å². The van der Waals surface area contributed by atoms with Crippen LogP contribution in [0.4, 0.5) is 0 Å². The average Bonchev–Trinajstić information content (AvgIpc) is 2.59. The van der Waals surface area contributed by atoms with Crippen LogP contribution in [0.3, 0.4) is 0 Å². The Bertz CT molecular complexity index is 569. The third kappa shape index (κ3) is 6.15. The molecular formula is C21H36N2O4. The third-order valence-electron chi connectivity index (χ3n) is 5.83. The quantitative estimate of drug-likeness (QED) is 0.648. The Morgan fingerprint density at radius 1 is 1.04 bits per heavy atom. The molecule has 27 heavy (non-hydrogen) atoms. The van der Waals surface area contributed by atoms with Gasteiger partial charge in [0.2, 0.25) is 11.8 Å². The molecule has 0 heterocycles. The SMILES string of the molecule is CC(C)C(=O)CC1C(=O)C(C(CCC(=O)N(C)C)C(=O)N(C)C)CCC1C. The van der Waals surface area contributed by atoms with Gasteiger partial charge in [-0.1, -0.05) is 20.8 Å². The van der Waals surface area contributed by atoms with Crippen LogP contribution in [0.1, 0.15) is 52.9 Å². The van der Waals surface area contributed by atoms with E-state index in [0.717, 1.165) is 6.42 Å². The molecule has 0 aromatic carbocycles. The Kier molecular flexibility index (Phi) is 8.63. The number of hydrogen-bond donors (Lipinski definition) is 0. The topological polar surface area (TPSA) is 74.8 Å². The summed E-state index contributed by atoms with van der Waals surface area (Å²) in [5.41, 5.74) is 0. The Labute approximate surface area is 163 Å². The van der Waals surface area contributed by atoms with Crippen molar-refractivity contribution in [1.29, 1.82) is 0 Å². The maximum absolute atomic E-state index is 13.2. The second kappa shape index (κ2) is 10.00. The van der Waals surface area contributed by atoms with Crippen molar-refractivity contribution in [3.8, 4) is 0 Å². The molecule has 6 heteroatoms. The zero-order valence-corrected chi connectivity index (χ0v) is 17.9. The largest absolute Gasteiger partial charge is 0.349 e. The molecule has 4 atom stereocenters. The Morgan fingerprint density at radius 3 is 2.11 bits per heavy atom. The molecule has 1 aliphatic rings. The summed E-state index contributed by atoms with van der Waals surface area (Å²) in [6.07, 6.45) is 2.33. The lowest BCUT2D eigenvalue weighted by Gasteiger charge is -2.37. The number of amides is 2. The Morgan fingerprint density at radius 2 is 1.63 bits per heavy atom. The molecule has 1 aliphatic carbocycles. The Balaban J connectivity index is 3.02. The molecule has 1 fully saturated rings. The molecule has 0 radical (unpaired) electrons. The van der Waals surface area contributed by atoms with Gasteiger partial charge in [0.25, 0.3) is 0 Å². The van der Waals surface area contributed by atoms with Crippen LogP contribution >= 0.6 is 0 Å². The number of carbonyl (C=O) groups is 4. The minimum absolute atomic E-state index is 0.0280. The summed E-state index contributed by atoms with van der Waals surface area (Å²) in [4.78, 5) is 53.2. The molecule has 1 rings (SSSR count). The first kappa shape index (κ1) is 23.3. The van der Waals surface area contributed by atoms with E-state index in [1.807, 2.05) is 20.8 Å². The third-order valence-corrected chi connectivity index (χ3v) is 5.83. The highest BCUT2D eigenvalue weighted by Crippen LogP contribution is 2.39. The van der Waals surface area contributed by atoms with Gasteiger partial charge in [0, 0.05) is 64.7 Å². The predicted octanol–water partition coefficient (Wildman–Crippen LogP) is 2.41. The first-order valence-corrected chi connectivity index (χ1v) is 9.95. The fourth-order valence-electron chi connectivity index (χ4n) is 3.83. The molecular weight excluding hydrogens is 344 g/mol. The number of nitrogens with zero attached hydrogens (tertiary/aromatic N) is 2. The van der Waals surface area contributed by atoms with Gasteiger partial charge in [0.15, 0.2) is 0 Å². The van der Waals surface area contributed by atoms with Crippen molar-refractivity contribution >= 4 is 23.4 Å². The van der Waals surface area contributed by atoms with Gasteiger partial charge in [0.1, 0.15) is 11.6 Å². The fraction of sp³-hybridized carbons (Fsp3) is 0.810. The monoisotopic (exact) mass is 380 g/mol. The molecule has 0 spiro atoms. The molecule has 6 nitrogen and oxygen atoms in total. The zero-order valence-electron chi connectivity index (χ0n) is 17.9. The summed E-state index contributed by atoms with van der Waals surface area (Å²) in [6, 6.07) is 0. The second-order valence-corrected chi connectivity index (χ2v) is 8.66. The van der Waals surface area contributed by atoms with Crippen LogP contribution in [0.2, 0.25) is 0 Å². The van der Waals surface area contributed by atoms with E-state index in [0.29, 0.717) is 12.8 Å². The van der Waals surface area contributed by atoms with Crippen molar-refractivity contribution in [2.24, 2.45) is 29.6 Å². The highest BCUT2D eigenvalue weighted by molar-refractivity contribution is 5.94. The van der Waals surface area contributed by atoms with Gasteiger partial charge >= 0.3 is 0 Å². The minimum atomic E-state index is -0.499. The number of ketones is 2. The van der Waals surface area contributed by atoms with Crippen LogP contribution in [-0.4, -0.2) is 61.4 Å². The standard InChI is InChI=1S/C21H36N2O4/c1-13(2)18(24)12-17-14(3)8-9-15(20(17)26)16(21(27)23(6)7)10-11-19(25)22(4)5/h13-17H,8-12H2,1-7H3. The van der Waals surface area contributed by atoms with E-state index in [9.17, 15) is 19.2 Å². The molecule has 0 aliphatic heterocycles. The second-order valence-electron chi connectivity index (χ2n) is 8.66. The number of rotatable bonds is 8. The smallest absolute Gasteiger partial charge is 0.225 e. The number of carbonyl (C=O) groups excluding carboxylic acids is 4. The van der Waals surface area contributed by atoms with Crippen molar-refractivity contribution in [3.63, 3.8) is 0 Å². The van der Waals surface area contributed by atoms with E-state index in [4.69, 9.17) is 0 Å². The van der Waals surface area contributed by atoms with E-state index in [1.54, 1.807) is 28.2 Å². The molecule has 1 saturated carbocycles. The lowest BCUT2D eigenvalue weighted by Crippen LogP contribution is -2.44. The first-order chi connectivity index (χ1) is 12.5. The van der Waals surface area contributed by atoms with Gasteiger partial charge < -0.3 is 9.80 Å². The predicted molar refractivity (Wildman–Crippen MR) is 105 cm³/mol. The zero-order chi connectivity index (χ0) is 20.9. The summed E-state index contributed by atoms with van der Waals surface area (Å²) in [7, 11) is 6.73. The van der Waals surface area contributed by atoms with Crippen LogP contribution in [0.25, 0.3) is 0 Å². The van der Waals surface area contributed by atoms with Crippen LogP contribution in [0, 0.1) is 29.6 Å². The van der Waals surface area contributed by atoms with Crippen molar-refractivity contribution < 1.29 is 19.2 Å². The van der Waals surface area contributed by atoms with E-state index in [1.165, 1.54) is 9.80 Å².